The Bertz CT molecular complexity index is 1120. The van der Waals surface area contributed by atoms with Crippen molar-refractivity contribution in [3.05, 3.63) is 100 Å². The molecule has 2 amide bonds. The molecule has 35 heavy (non-hydrogen) atoms. The van der Waals surface area contributed by atoms with E-state index in [4.69, 9.17) is 17.0 Å². The van der Waals surface area contributed by atoms with Crippen LogP contribution in [-0.4, -0.2) is 23.5 Å². The molecule has 3 rings (SSSR count). The van der Waals surface area contributed by atoms with E-state index in [1.807, 2.05) is 60.7 Å². The number of nitrogens with one attached hydrogen (secondary N) is 3. The number of thiocarbonyl (C=S) groups is 1. The monoisotopic (exact) mass is 553 g/mol. The Hall–Kier alpha value is -3.23. The summed E-state index contributed by atoms with van der Waals surface area (Å²) in [5.74, 6) is -0.0346. The number of ether oxygens (including phenoxy) is 1. The summed E-state index contributed by atoms with van der Waals surface area (Å²) < 4.78 is 6.44. The van der Waals surface area contributed by atoms with Crippen LogP contribution in [0.2, 0.25) is 0 Å². The van der Waals surface area contributed by atoms with Crippen LogP contribution in [0.15, 0.2) is 83.3 Å². The molecule has 0 atom stereocenters. The van der Waals surface area contributed by atoms with Crippen LogP contribution in [0.1, 0.15) is 47.7 Å². The fraction of sp³-hybridized carbons (Fsp3) is 0.222. The first kappa shape index (κ1) is 26.4. The van der Waals surface area contributed by atoms with Gasteiger partial charge in [-0.15, -0.1) is 0 Å². The Morgan fingerprint density at radius 2 is 1.51 bits per heavy atom. The van der Waals surface area contributed by atoms with E-state index in [2.05, 4.69) is 45.9 Å². The number of hydrogen-bond donors (Lipinski definition) is 3. The highest BCUT2D eigenvalue weighted by Gasteiger charge is 2.22. The van der Waals surface area contributed by atoms with Gasteiger partial charge in [0.05, 0.1) is 17.0 Å². The van der Waals surface area contributed by atoms with Gasteiger partial charge in [-0.1, -0.05) is 74.5 Å². The lowest BCUT2D eigenvalue weighted by Gasteiger charge is -2.19. The summed E-state index contributed by atoms with van der Waals surface area (Å²) in [6.07, 6.45) is 0.940. The average molecular weight is 555 g/mol. The van der Waals surface area contributed by atoms with Crippen LogP contribution in [0.25, 0.3) is 0 Å². The first-order valence-electron chi connectivity index (χ1n) is 11.3. The molecule has 0 saturated carbocycles. The van der Waals surface area contributed by atoms with Gasteiger partial charge in [0.1, 0.15) is 5.75 Å². The van der Waals surface area contributed by atoms with Crippen LogP contribution in [-0.2, 0) is 4.79 Å². The van der Waals surface area contributed by atoms with E-state index in [0.717, 1.165) is 17.5 Å². The van der Waals surface area contributed by atoms with Crippen molar-refractivity contribution in [3.63, 3.8) is 0 Å². The van der Waals surface area contributed by atoms with E-state index in [0.29, 0.717) is 28.3 Å². The fourth-order valence-electron chi connectivity index (χ4n) is 3.35. The van der Waals surface area contributed by atoms with Crippen LogP contribution in [0.4, 0.5) is 0 Å². The maximum absolute atomic E-state index is 13.0. The van der Waals surface area contributed by atoms with Gasteiger partial charge in [-0.25, -0.2) is 0 Å². The number of carbonyl (C=O) groups excluding carboxylic acids is 2. The number of hydrazine groups is 1. The molecule has 182 valence electrons. The molecular formula is C27H28BrN3O3S. The second-order valence-corrected chi connectivity index (χ2v) is 9.59. The Morgan fingerprint density at radius 1 is 0.914 bits per heavy atom. The highest BCUT2D eigenvalue weighted by molar-refractivity contribution is 9.10. The third kappa shape index (κ3) is 7.90. The maximum atomic E-state index is 13.0. The van der Waals surface area contributed by atoms with Gasteiger partial charge in [0, 0.05) is 5.56 Å². The minimum absolute atomic E-state index is 0.0170. The second-order valence-electron chi connectivity index (χ2n) is 8.33. The van der Waals surface area contributed by atoms with Gasteiger partial charge in [-0.3, -0.25) is 25.8 Å². The van der Waals surface area contributed by atoms with Gasteiger partial charge in [0.2, 0.25) is 5.91 Å². The van der Waals surface area contributed by atoms with Crippen LogP contribution < -0.4 is 20.9 Å². The van der Waals surface area contributed by atoms with E-state index >= 15 is 0 Å². The molecule has 0 radical (unpaired) electrons. The van der Waals surface area contributed by atoms with E-state index in [1.165, 1.54) is 0 Å². The molecule has 0 bridgehead atoms. The molecule has 0 aliphatic heterocycles. The smallest absolute Gasteiger partial charge is 0.257 e. The summed E-state index contributed by atoms with van der Waals surface area (Å²) in [6.45, 7) is 4.87. The number of halogens is 1. The zero-order chi connectivity index (χ0) is 25.2. The van der Waals surface area contributed by atoms with Crippen molar-refractivity contribution >= 4 is 45.1 Å². The standard InChI is InChI=1S/C27H28BrN3O3S/c1-18(2)15-16-34-23-14-13-21(17-22(23)28)25(32)29-27(35)31-30-26(33)24(19-9-5-3-6-10-19)20-11-7-4-8-12-20/h3-14,17-18,24H,15-16H2,1-2H3,(H,30,33)(H2,29,31,32,35). The molecule has 0 aliphatic carbocycles. The van der Waals surface area contributed by atoms with Crippen LogP contribution in [0.5, 0.6) is 5.75 Å². The van der Waals surface area contributed by atoms with Crippen LogP contribution >= 0.6 is 28.1 Å². The number of hydrogen-bond acceptors (Lipinski definition) is 4. The molecule has 3 N–H and O–H groups in total. The number of rotatable bonds is 8. The summed E-state index contributed by atoms with van der Waals surface area (Å²) in [5, 5.41) is 2.56. The van der Waals surface area contributed by atoms with E-state index in [9.17, 15) is 9.59 Å². The minimum Gasteiger partial charge on any atom is -0.492 e. The van der Waals surface area contributed by atoms with Crippen molar-refractivity contribution in [1.29, 1.82) is 0 Å². The van der Waals surface area contributed by atoms with Gasteiger partial charge >= 0.3 is 0 Å². The molecule has 0 aromatic heterocycles. The van der Waals surface area contributed by atoms with Crippen molar-refractivity contribution in [1.82, 2.24) is 16.2 Å². The minimum atomic E-state index is -0.539. The maximum Gasteiger partial charge on any atom is 0.257 e. The lowest BCUT2D eigenvalue weighted by molar-refractivity contribution is -0.122. The van der Waals surface area contributed by atoms with Crippen LogP contribution in [0, 0.1) is 5.92 Å². The van der Waals surface area contributed by atoms with Gasteiger partial charge in [-0.2, -0.15) is 0 Å². The average Bonchev–Trinajstić information content (AvgIpc) is 2.85. The molecule has 0 aliphatic rings. The Labute approximate surface area is 219 Å². The molecule has 0 heterocycles. The Morgan fingerprint density at radius 3 is 2.06 bits per heavy atom. The highest BCUT2D eigenvalue weighted by atomic mass is 79.9. The van der Waals surface area contributed by atoms with Crippen molar-refractivity contribution in [2.24, 2.45) is 5.92 Å². The van der Waals surface area contributed by atoms with E-state index in [-0.39, 0.29) is 11.0 Å². The fourth-order valence-corrected chi connectivity index (χ4v) is 3.98. The first-order chi connectivity index (χ1) is 16.8. The zero-order valence-electron chi connectivity index (χ0n) is 19.6. The van der Waals surface area contributed by atoms with Crippen molar-refractivity contribution in [2.75, 3.05) is 6.61 Å². The normalized spacial score (nSPS) is 10.7. The molecular weight excluding hydrogens is 526 g/mol. The lowest BCUT2D eigenvalue weighted by atomic mass is 9.91. The van der Waals surface area contributed by atoms with Gasteiger partial charge in [-0.05, 0) is 69.8 Å². The number of amides is 2. The largest absolute Gasteiger partial charge is 0.492 e. The SMILES string of the molecule is CC(C)CCOc1ccc(C(=O)NC(=S)NNC(=O)C(c2ccccc2)c2ccccc2)cc1Br. The summed E-state index contributed by atoms with van der Waals surface area (Å²) in [5.41, 5.74) is 7.33. The van der Waals surface area contributed by atoms with Crippen LogP contribution in [0.3, 0.4) is 0 Å². The number of carbonyl (C=O) groups is 2. The summed E-state index contributed by atoms with van der Waals surface area (Å²) >= 11 is 8.66. The quantitative estimate of drug-likeness (QED) is 0.259. The zero-order valence-corrected chi connectivity index (χ0v) is 22.0. The second kappa shape index (κ2) is 13.0. The molecule has 3 aromatic rings. The third-order valence-corrected chi connectivity index (χ3v) is 6.02. The summed E-state index contributed by atoms with van der Waals surface area (Å²) in [4.78, 5) is 25.7. The van der Waals surface area contributed by atoms with E-state index in [1.54, 1.807) is 18.2 Å². The molecule has 0 fully saturated rings. The van der Waals surface area contributed by atoms with Crippen molar-refractivity contribution < 1.29 is 14.3 Å². The predicted molar refractivity (Wildman–Crippen MR) is 145 cm³/mol. The topological polar surface area (TPSA) is 79.5 Å². The molecule has 0 spiro atoms. The first-order valence-corrected chi connectivity index (χ1v) is 12.5. The Kier molecular flexibility index (Phi) is 9.81. The molecule has 0 saturated heterocycles. The number of benzene rings is 3. The molecule has 6 nitrogen and oxygen atoms in total. The van der Waals surface area contributed by atoms with E-state index < -0.39 is 11.8 Å². The predicted octanol–water partition coefficient (Wildman–Crippen LogP) is 5.34. The third-order valence-electron chi connectivity index (χ3n) is 5.20. The molecule has 8 heteroatoms. The van der Waals surface area contributed by atoms with Gasteiger partial charge < -0.3 is 4.74 Å². The summed E-state index contributed by atoms with van der Waals surface area (Å²) in [7, 11) is 0. The van der Waals surface area contributed by atoms with Crippen molar-refractivity contribution in [2.45, 2.75) is 26.2 Å². The van der Waals surface area contributed by atoms with Crippen molar-refractivity contribution in [3.8, 4) is 5.75 Å². The highest BCUT2D eigenvalue weighted by Crippen LogP contribution is 2.27. The van der Waals surface area contributed by atoms with Gasteiger partial charge in [0.15, 0.2) is 5.11 Å². The molecule has 0 unspecified atom stereocenters. The molecule has 3 aromatic carbocycles. The lowest BCUT2D eigenvalue weighted by Crippen LogP contribution is -2.49. The Balaban J connectivity index is 1.58. The van der Waals surface area contributed by atoms with Gasteiger partial charge in [0.25, 0.3) is 5.91 Å². The summed E-state index contributed by atoms with van der Waals surface area (Å²) in [6, 6.07) is 24.0.